The van der Waals surface area contributed by atoms with Crippen LogP contribution in [0, 0.1) is 5.41 Å². The van der Waals surface area contributed by atoms with Crippen LogP contribution >= 0.6 is 0 Å². The van der Waals surface area contributed by atoms with Crippen molar-refractivity contribution >= 4 is 17.0 Å². The highest BCUT2D eigenvalue weighted by Gasteiger charge is 2.55. The lowest BCUT2D eigenvalue weighted by Crippen LogP contribution is -2.49. The average molecular weight is 533 g/mol. The van der Waals surface area contributed by atoms with E-state index >= 15 is 0 Å². The molecule has 0 saturated carbocycles. The number of hydrogen-bond acceptors (Lipinski definition) is 5. The van der Waals surface area contributed by atoms with Crippen LogP contribution in [-0.4, -0.2) is 52.0 Å². The molecule has 4 unspecified atom stereocenters. The van der Waals surface area contributed by atoms with Crippen LogP contribution in [0.5, 0.6) is 5.75 Å². The van der Waals surface area contributed by atoms with Crippen LogP contribution in [0.3, 0.4) is 0 Å². The predicted molar refractivity (Wildman–Crippen MR) is 153 cm³/mol. The Hall–Kier alpha value is -2.71. The molecule has 1 N–H and O–H groups in total. The third-order valence-corrected chi connectivity index (χ3v) is 9.24. The van der Waals surface area contributed by atoms with Gasteiger partial charge >= 0.3 is 0 Å². The van der Waals surface area contributed by atoms with E-state index in [9.17, 15) is 8.76 Å². The largest absolute Gasteiger partial charge is 0.755 e. The normalized spacial score (nSPS) is 23.5. The molecular weight excluding hydrogens is 494 g/mol. The van der Waals surface area contributed by atoms with Crippen LogP contribution in [0.25, 0.3) is 0 Å². The molecule has 2 fully saturated rings. The van der Waals surface area contributed by atoms with E-state index in [4.69, 9.17) is 4.74 Å². The quantitative estimate of drug-likeness (QED) is 0.389. The van der Waals surface area contributed by atoms with Gasteiger partial charge < -0.3 is 19.5 Å². The van der Waals surface area contributed by atoms with E-state index in [1.54, 1.807) is 7.11 Å². The number of nitrogens with one attached hydrogen (secondary N) is 1. The van der Waals surface area contributed by atoms with E-state index < -0.39 is 16.8 Å². The molecule has 4 atom stereocenters. The lowest BCUT2D eigenvalue weighted by atomic mass is 9.64. The van der Waals surface area contributed by atoms with E-state index in [2.05, 4.69) is 70.9 Å². The number of hydrogen-bond donors (Lipinski definition) is 1. The van der Waals surface area contributed by atoms with Crippen LogP contribution in [0.1, 0.15) is 49.8 Å². The Kier molecular flexibility index (Phi) is 7.65. The lowest BCUT2D eigenvalue weighted by molar-refractivity contribution is 0.204. The summed E-state index contributed by atoms with van der Waals surface area (Å²) in [6.07, 6.45) is 1.13. The van der Waals surface area contributed by atoms with Crippen molar-refractivity contribution in [1.82, 2.24) is 10.2 Å². The third kappa shape index (κ3) is 5.13. The molecule has 2 saturated heterocycles. The van der Waals surface area contributed by atoms with E-state index in [1.165, 1.54) is 15.4 Å². The highest BCUT2D eigenvalue weighted by atomic mass is 32.2. The van der Waals surface area contributed by atoms with Gasteiger partial charge in [-0.15, -0.1) is 0 Å². The minimum atomic E-state index is -2.39. The van der Waals surface area contributed by atoms with Crippen LogP contribution in [0.15, 0.2) is 78.9 Å². The number of ether oxygens (including phenoxy) is 1. The smallest absolute Gasteiger partial charge is 0.123 e. The van der Waals surface area contributed by atoms with Crippen molar-refractivity contribution in [2.45, 2.75) is 51.2 Å². The predicted octanol–water partition coefficient (Wildman–Crippen LogP) is 5.09. The summed E-state index contributed by atoms with van der Waals surface area (Å²) in [5.41, 5.74) is 3.78. The first-order chi connectivity index (χ1) is 18.2. The summed E-state index contributed by atoms with van der Waals surface area (Å²) in [7, 11) is 1.66. The number of rotatable bonds is 9. The van der Waals surface area contributed by atoms with Crippen molar-refractivity contribution in [1.29, 1.82) is 0 Å². The van der Waals surface area contributed by atoms with Gasteiger partial charge in [0.1, 0.15) is 5.75 Å². The van der Waals surface area contributed by atoms with E-state index in [0.717, 1.165) is 37.4 Å². The molecule has 0 radical (unpaired) electrons. The van der Waals surface area contributed by atoms with Crippen molar-refractivity contribution in [3.8, 4) is 5.75 Å². The van der Waals surface area contributed by atoms with Crippen molar-refractivity contribution in [2.75, 3.05) is 31.0 Å². The number of fused-ring (bicyclic) bond motifs is 2. The molecule has 2 aliphatic heterocycles. The Bertz CT molecular complexity index is 1220. The Balaban J connectivity index is 1.47. The Morgan fingerprint density at radius 3 is 2.24 bits per heavy atom. The molecule has 2 bridgehead atoms. The highest BCUT2D eigenvalue weighted by molar-refractivity contribution is 7.80. The first kappa shape index (κ1) is 26.9. The summed E-state index contributed by atoms with van der Waals surface area (Å²) in [4.78, 5) is 2.58. The van der Waals surface area contributed by atoms with Gasteiger partial charge in [-0.05, 0) is 63.1 Å². The summed E-state index contributed by atoms with van der Waals surface area (Å²) >= 11 is -2.39. The molecule has 38 heavy (non-hydrogen) atoms. The van der Waals surface area contributed by atoms with Gasteiger partial charge in [-0.2, -0.15) is 0 Å². The number of piperidine rings is 1. The molecule has 2 aliphatic rings. The molecule has 0 aromatic heterocycles. The highest BCUT2D eigenvalue weighted by Crippen LogP contribution is 2.53. The zero-order valence-corrected chi connectivity index (χ0v) is 23.5. The summed E-state index contributed by atoms with van der Waals surface area (Å²) in [5.74, 6) is 1.04. The van der Waals surface area contributed by atoms with E-state index in [0.29, 0.717) is 12.2 Å². The number of benzene rings is 3. The molecular formula is C31H38N3O3S-. The molecule has 0 aliphatic carbocycles. The first-order valence-corrected chi connectivity index (χ1v) is 14.4. The molecule has 0 spiro atoms. The fraction of sp³-hybridized carbons (Fsp3) is 0.419. The maximum atomic E-state index is 12.1. The molecule has 3 aromatic carbocycles. The van der Waals surface area contributed by atoms with Gasteiger partial charge in [0.15, 0.2) is 0 Å². The summed E-state index contributed by atoms with van der Waals surface area (Å²) < 4.78 is 31.4. The second kappa shape index (κ2) is 10.8. The van der Waals surface area contributed by atoms with Crippen molar-refractivity contribution < 1.29 is 13.5 Å². The van der Waals surface area contributed by atoms with Gasteiger partial charge in [0.05, 0.1) is 7.11 Å². The van der Waals surface area contributed by atoms with Gasteiger partial charge in [0.2, 0.25) is 0 Å². The average Bonchev–Trinajstić information content (AvgIpc) is 3.47. The summed E-state index contributed by atoms with van der Waals surface area (Å²) in [6.45, 7) is 9.45. The Morgan fingerprint density at radius 2 is 1.71 bits per heavy atom. The van der Waals surface area contributed by atoms with Crippen LogP contribution < -0.4 is 14.4 Å². The minimum Gasteiger partial charge on any atom is -0.755 e. The van der Waals surface area contributed by atoms with Crippen molar-refractivity contribution in [3.05, 3.63) is 95.6 Å². The topological polar surface area (TPSA) is 67.9 Å². The summed E-state index contributed by atoms with van der Waals surface area (Å²) in [6, 6.07) is 27.7. The van der Waals surface area contributed by atoms with Crippen molar-refractivity contribution in [2.24, 2.45) is 5.41 Å². The van der Waals surface area contributed by atoms with Gasteiger partial charge in [-0.3, -0.25) is 8.51 Å². The maximum Gasteiger partial charge on any atom is 0.123 e. The molecule has 5 rings (SSSR count). The van der Waals surface area contributed by atoms with Crippen molar-refractivity contribution in [3.63, 3.8) is 0 Å². The summed E-state index contributed by atoms with van der Waals surface area (Å²) in [5, 5.41) is 3.90. The van der Waals surface area contributed by atoms with E-state index in [1.807, 2.05) is 39.0 Å². The lowest BCUT2D eigenvalue weighted by Gasteiger charge is -2.42. The third-order valence-electron chi connectivity index (χ3n) is 8.18. The van der Waals surface area contributed by atoms with Crippen LogP contribution in [-0.2, 0) is 17.8 Å². The second-order valence-electron chi connectivity index (χ2n) is 11.6. The monoisotopic (exact) mass is 532 g/mol. The minimum absolute atomic E-state index is 0.0571. The second-order valence-corrected chi connectivity index (χ2v) is 12.4. The number of anilines is 1. The van der Waals surface area contributed by atoms with Crippen LogP contribution in [0.4, 0.5) is 5.69 Å². The molecule has 2 heterocycles. The van der Waals surface area contributed by atoms with Gasteiger partial charge in [-0.25, -0.2) is 0 Å². The van der Waals surface area contributed by atoms with Gasteiger partial charge in [0.25, 0.3) is 0 Å². The standard InChI is InChI=1S/C31H39N3O3S/c1-30(2,3)34(38(35)36)26-15-16-27(37-4)25(19-26)20-32-28-21-33-18-17-31(28,22-33)29(23-11-7-5-8-12-23)24-13-9-6-10-14-24/h5-16,19,28-29,32H,17-18,20-22H2,1-4H3,(H,35,36)/p-1. The Labute approximate surface area is 229 Å². The molecule has 6 nitrogen and oxygen atoms in total. The van der Waals surface area contributed by atoms with Crippen LogP contribution in [0.2, 0.25) is 0 Å². The zero-order chi connectivity index (χ0) is 26.9. The Morgan fingerprint density at radius 1 is 1.08 bits per heavy atom. The first-order valence-electron chi connectivity index (χ1n) is 13.3. The van der Waals surface area contributed by atoms with Gasteiger partial charge in [0, 0.05) is 65.1 Å². The SMILES string of the molecule is COc1ccc(N(S(=O)[O-])C(C)(C)C)cc1CNC1CN2CCC1(C(c1ccccc1)c1ccccc1)C2. The molecule has 3 aromatic rings. The fourth-order valence-corrected chi connectivity index (χ4v) is 7.37. The number of methoxy groups -OCH3 is 1. The molecule has 7 heteroatoms. The molecule has 0 amide bonds. The van der Waals surface area contributed by atoms with E-state index in [-0.39, 0.29) is 17.4 Å². The maximum absolute atomic E-state index is 12.1. The van der Waals surface area contributed by atoms with Gasteiger partial charge in [-0.1, -0.05) is 60.7 Å². The number of nitrogens with zero attached hydrogens (tertiary/aromatic N) is 2. The molecule has 202 valence electrons. The zero-order valence-electron chi connectivity index (χ0n) is 22.7. The fourth-order valence-electron chi connectivity index (χ4n) is 6.63.